The Morgan fingerprint density at radius 3 is 2.57 bits per heavy atom. The van der Waals surface area contributed by atoms with E-state index >= 15 is 0 Å². The van der Waals surface area contributed by atoms with Gasteiger partial charge in [-0.2, -0.15) is 0 Å². The number of furan rings is 1. The Bertz CT molecular complexity index is 640. The third-order valence-electron chi connectivity index (χ3n) is 2.55. The van der Waals surface area contributed by atoms with Crippen molar-refractivity contribution in [1.29, 1.82) is 5.41 Å². The van der Waals surface area contributed by atoms with Gasteiger partial charge >= 0.3 is 0 Å². The number of nitrogens with one attached hydrogen (secondary N) is 2. The van der Waals surface area contributed by atoms with Gasteiger partial charge in [0, 0.05) is 11.9 Å². The molecular weight excluding hydrogens is 315 g/mol. The van der Waals surface area contributed by atoms with E-state index < -0.39 is 11.9 Å². The maximum absolute atomic E-state index is 11.7. The molecule has 116 valence electrons. The van der Waals surface area contributed by atoms with Gasteiger partial charge in [-0.15, -0.1) is 24.8 Å². The second-order valence-electron chi connectivity index (χ2n) is 4.59. The molecule has 1 aromatic heterocycles. The van der Waals surface area contributed by atoms with Crippen LogP contribution in [0.3, 0.4) is 0 Å². The first-order valence-corrected chi connectivity index (χ1v) is 5.78. The van der Waals surface area contributed by atoms with Gasteiger partial charge in [0.1, 0.15) is 5.58 Å². The van der Waals surface area contributed by atoms with Crippen molar-refractivity contribution in [3.63, 3.8) is 0 Å². The highest BCUT2D eigenvalue weighted by molar-refractivity contribution is 6.04. The zero-order chi connectivity index (χ0) is 14.0. The van der Waals surface area contributed by atoms with Crippen molar-refractivity contribution < 1.29 is 9.21 Å². The normalized spacial score (nSPS) is 9.86. The van der Waals surface area contributed by atoms with Gasteiger partial charge in [-0.05, 0) is 37.9 Å². The zero-order valence-corrected chi connectivity index (χ0v) is 13.3. The van der Waals surface area contributed by atoms with E-state index in [9.17, 15) is 4.79 Å². The Labute approximate surface area is 135 Å². The third kappa shape index (κ3) is 4.93. The first-order chi connectivity index (χ1) is 8.95. The number of nitrogens with zero attached hydrogens (tertiary/aromatic N) is 1. The average molecular weight is 333 g/mol. The zero-order valence-electron chi connectivity index (χ0n) is 11.7. The molecule has 0 fully saturated rings. The number of nitrogens with two attached hydrogens (primary N) is 1. The molecule has 8 heteroatoms. The van der Waals surface area contributed by atoms with Crippen LogP contribution in [0.15, 0.2) is 28.7 Å². The summed E-state index contributed by atoms with van der Waals surface area (Å²) < 4.78 is 5.41. The summed E-state index contributed by atoms with van der Waals surface area (Å²) in [6.45, 7) is 0.816. The molecular formula is C13H18Cl2N4O2. The number of guanidine groups is 1. The van der Waals surface area contributed by atoms with Gasteiger partial charge in [0.25, 0.3) is 5.91 Å². The fraction of sp³-hybridized carbons (Fsp3) is 0.231. The number of rotatable bonds is 3. The number of hydrogen-bond acceptors (Lipinski definition) is 4. The molecule has 4 N–H and O–H groups in total. The molecule has 0 atom stereocenters. The number of amides is 1. The maximum Gasteiger partial charge on any atom is 0.293 e. The molecule has 0 saturated carbocycles. The van der Waals surface area contributed by atoms with E-state index in [1.165, 1.54) is 0 Å². The Balaban J connectivity index is 0.00000200. The highest BCUT2D eigenvalue weighted by Crippen LogP contribution is 2.21. The second kappa shape index (κ2) is 7.87. The minimum atomic E-state index is -0.516. The lowest BCUT2D eigenvalue weighted by molar-refractivity contribution is 0.0951. The van der Waals surface area contributed by atoms with Crippen molar-refractivity contribution in [2.45, 2.75) is 6.54 Å². The lowest BCUT2D eigenvalue weighted by Crippen LogP contribution is -2.35. The molecule has 1 heterocycles. The fourth-order valence-corrected chi connectivity index (χ4v) is 1.85. The third-order valence-corrected chi connectivity index (χ3v) is 2.55. The van der Waals surface area contributed by atoms with Crippen LogP contribution in [0, 0.1) is 5.41 Å². The summed E-state index contributed by atoms with van der Waals surface area (Å²) in [5.74, 6) is -0.774. The molecule has 0 bridgehead atoms. The van der Waals surface area contributed by atoms with Crippen molar-refractivity contribution >= 4 is 47.7 Å². The van der Waals surface area contributed by atoms with Crippen LogP contribution in [-0.2, 0) is 6.54 Å². The quantitative estimate of drug-likeness (QED) is 0.591. The van der Waals surface area contributed by atoms with Crippen molar-refractivity contribution in [3.05, 3.63) is 35.6 Å². The molecule has 0 spiro atoms. The van der Waals surface area contributed by atoms with Gasteiger partial charge in [-0.3, -0.25) is 15.5 Å². The van der Waals surface area contributed by atoms with Crippen molar-refractivity contribution in [3.8, 4) is 0 Å². The van der Waals surface area contributed by atoms with Gasteiger partial charge in [0.05, 0.1) is 0 Å². The lowest BCUT2D eigenvalue weighted by atomic mass is 10.1. The first kappa shape index (κ1) is 19.2. The molecule has 0 aliphatic heterocycles. The van der Waals surface area contributed by atoms with Crippen LogP contribution in [0.5, 0.6) is 0 Å². The van der Waals surface area contributed by atoms with Crippen LogP contribution < -0.4 is 11.1 Å². The standard InChI is InChI=1S/C13H16N4O2.2ClH/c1-17(2)7-8-3-4-10-9(5-8)6-11(19-10)12(18)16-13(14)15;;/h3-6H,7H2,1-2H3,(H4,14,15,16,18);2*1H. The molecule has 0 aliphatic rings. The summed E-state index contributed by atoms with van der Waals surface area (Å²) in [6.07, 6.45) is 0. The van der Waals surface area contributed by atoms with Crippen molar-refractivity contribution in [1.82, 2.24) is 10.2 Å². The molecule has 0 unspecified atom stereocenters. The van der Waals surface area contributed by atoms with Gasteiger partial charge in [0.2, 0.25) is 0 Å². The Morgan fingerprint density at radius 2 is 2.00 bits per heavy atom. The number of benzene rings is 1. The van der Waals surface area contributed by atoms with Crippen molar-refractivity contribution in [2.75, 3.05) is 14.1 Å². The van der Waals surface area contributed by atoms with E-state index in [-0.39, 0.29) is 30.6 Å². The molecule has 21 heavy (non-hydrogen) atoms. The largest absolute Gasteiger partial charge is 0.451 e. The maximum atomic E-state index is 11.7. The molecule has 0 radical (unpaired) electrons. The number of fused-ring (bicyclic) bond motifs is 1. The molecule has 0 aliphatic carbocycles. The first-order valence-electron chi connectivity index (χ1n) is 5.78. The summed E-state index contributed by atoms with van der Waals surface area (Å²) in [5, 5.41) is 10.1. The summed E-state index contributed by atoms with van der Waals surface area (Å²) in [6, 6.07) is 7.41. The predicted octanol–water partition coefficient (Wildman–Crippen LogP) is 1.96. The minimum Gasteiger partial charge on any atom is -0.451 e. The van der Waals surface area contributed by atoms with Gasteiger partial charge < -0.3 is 15.1 Å². The second-order valence-corrected chi connectivity index (χ2v) is 4.59. The van der Waals surface area contributed by atoms with Crippen LogP contribution in [0.25, 0.3) is 11.0 Å². The molecule has 6 nitrogen and oxygen atoms in total. The summed E-state index contributed by atoms with van der Waals surface area (Å²) in [7, 11) is 3.98. The van der Waals surface area contributed by atoms with E-state index in [1.54, 1.807) is 6.07 Å². The summed E-state index contributed by atoms with van der Waals surface area (Å²) in [4.78, 5) is 13.7. The summed E-state index contributed by atoms with van der Waals surface area (Å²) in [5.41, 5.74) is 6.88. The van der Waals surface area contributed by atoms with Gasteiger partial charge in [-0.25, -0.2) is 0 Å². The monoisotopic (exact) mass is 332 g/mol. The lowest BCUT2D eigenvalue weighted by Gasteiger charge is -2.08. The number of hydrogen-bond donors (Lipinski definition) is 3. The molecule has 0 saturated heterocycles. The molecule has 1 amide bonds. The number of halogens is 2. The van der Waals surface area contributed by atoms with E-state index in [0.29, 0.717) is 5.58 Å². The predicted molar refractivity (Wildman–Crippen MR) is 87.5 cm³/mol. The van der Waals surface area contributed by atoms with E-state index in [2.05, 4.69) is 10.2 Å². The van der Waals surface area contributed by atoms with E-state index in [0.717, 1.165) is 17.5 Å². The van der Waals surface area contributed by atoms with Crippen molar-refractivity contribution in [2.24, 2.45) is 5.73 Å². The molecule has 2 rings (SSSR count). The highest BCUT2D eigenvalue weighted by Gasteiger charge is 2.13. The molecule has 1 aromatic carbocycles. The highest BCUT2D eigenvalue weighted by atomic mass is 35.5. The van der Waals surface area contributed by atoms with Gasteiger partial charge in [0.15, 0.2) is 11.7 Å². The number of carbonyl (C=O) groups excluding carboxylic acids is 1. The van der Waals surface area contributed by atoms with E-state index in [4.69, 9.17) is 15.6 Å². The van der Waals surface area contributed by atoms with Crippen LogP contribution in [0.1, 0.15) is 16.1 Å². The topological polar surface area (TPSA) is 95.4 Å². The summed E-state index contributed by atoms with van der Waals surface area (Å²) >= 11 is 0. The SMILES string of the molecule is CN(C)Cc1ccc2oc(C(=O)NC(=N)N)cc2c1.Cl.Cl. The fourth-order valence-electron chi connectivity index (χ4n) is 1.85. The van der Waals surface area contributed by atoms with Crippen LogP contribution >= 0.6 is 24.8 Å². The van der Waals surface area contributed by atoms with Crippen LogP contribution in [-0.4, -0.2) is 30.9 Å². The van der Waals surface area contributed by atoms with Gasteiger partial charge in [-0.1, -0.05) is 6.07 Å². The smallest absolute Gasteiger partial charge is 0.293 e. The Kier molecular flexibility index (Phi) is 7.21. The van der Waals surface area contributed by atoms with E-state index in [1.807, 2.05) is 32.3 Å². The average Bonchev–Trinajstić information content (AvgIpc) is 2.70. The van der Waals surface area contributed by atoms with Crippen LogP contribution in [0.4, 0.5) is 0 Å². The Morgan fingerprint density at radius 1 is 1.33 bits per heavy atom. The Hall–Kier alpha value is -1.76. The van der Waals surface area contributed by atoms with Crippen LogP contribution in [0.2, 0.25) is 0 Å². The number of carbonyl (C=O) groups is 1. The minimum absolute atomic E-state index is 0. The molecule has 2 aromatic rings.